The van der Waals surface area contributed by atoms with Crippen LogP contribution in [0.5, 0.6) is 0 Å². The molecule has 1 N–H and O–H groups in total. The summed E-state index contributed by atoms with van der Waals surface area (Å²) in [5, 5.41) is 8.18. The summed E-state index contributed by atoms with van der Waals surface area (Å²) in [5.74, 6) is 0.00360. The van der Waals surface area contributed by atoms with Gasteiger partial charge >= 0.3 is 0 Å². The average Bonchev–Trinajstić information content (AvgIpc) is 3.05. The van der Waals surface area contributed by atoms with E-state index in [-0.39, 0.29) is 11.9 Å². The van der Waals surface area contributed by atoms with Crippen molar-refractivity contribution in [2.45, 2.75) is 13.0 Å². The fraction of sp³-hybridized carbons (Fsp3) is 0.286. The van der Waals surface area contributed by atoms with Gasteiger partial charge in [0.25, 0.3) is 0 Å². The molecular formula is C14H16N6OS. The number of carbonyl (C=O) groups excluding carboxylic acids is 1. The van der Waals surface area contributed by atoms with E-state index >= 15 is 0 Å². The summed E-state index contributed by atoms with van der Waals surface area (Å²) in [6.45, 7) is 1.81. The summed E-state index contributed by atoms with van der Waals surface area (Å²) >= 11 is 1.41. The predicted molar refractivity (Wildman–Crippen MR) is 85.9 cm³/mol. The monoisotopic (exact) mass is 316 g/mol. The fourth-order valence-electron chi connectivity index (χ4n) is 2.05. The SMILES string of the molecule is C[C@H](Nc1nn2cc(-c3cccnc3)nc2s1)C(=O)N(C)C. The Bertz CT molecular complexity index is 763. The molecule has 7 nitrogen and oxygen atoms in total. The quantitative estimate of drug-likeness (QED) is 0.793. The number of nitrogens with zero attached hydrogens (tertiary/aromatic N) is 5. The van der Waals surface area contributed by atoms with Crippen molar-refractivity contribution in [2.75, 3.05) is 19.4 Å². The minimum absolute atomic E-state index is 0.00360. The Kier molecular flexibility index (Phi) is 3.76. The highest BCUT2D eigenvalue weighted by Crippen LogP contribution is 2.24. The van der Waals surface area contributed by atoms with Crippen molar-refractivity contribution in [3.63, 3.8) is 0 Å². The van der Waals surface area contributed by atoms with Crippen LogP contribution in [0.1, 0.15) is 6.92 Å². The van der Waals surface area contributed by atoms with E-state index in [9.17, 15) is 4.79 Å². The van der Waals surface area contributed by atoms with Crippen LogP contribution in [0.3, 0.4) is 0 Å². The van der Waals surface area contributed by atoms with Crippen LogP contribution in [0.25, 0.3) is 16.2 Å². The smallest absolute Gasteiger partial charge is 0.244 e. The number of rotatable bonds is 4. The van der Waals surface area contributed by atoms with Crippen LogP contribution in [0.4, 0.5) is 5.13 Å². The molecule has 0 radical (unpaired) electrons. The molecule has 0 fully saturated rings. The number of pyridine rings is 1. The first-order valence-electron chi connectivity index (χ1n) is 6.79. The number of amides is 1. The van der Waals surface area contributed by atoms with Crippen molar-refractivity contribution in [3.8, 4) is 11.3 Å². The molecule has 0 aliphatic carbocycles. The molecule has 0 unspecified atom stereocenters. The second-order valence-corrected chi connectivity index (χ2v) is 6.06. The number of nitrogens with one attached hydrogen (secondary N) is 1. The zero-order chi connectivity index (χ0) is 15.7. The molecular weight excluding hydrogens is 300 g/mol. The van der Waals surface area contributed by atoms with E-state index in [1.165, 1.54) is 11.3 Å². The number of likely N-dealkylation sites (N-methyl/N-ethyl adjacent to an activating group) is 1. The number of imidazole rings is 1. The lowest BCUT2D eigenvalue weighted by Crippen LogP contribution is -2.36. The largest absolute Gasteiger partial charge is 0.349 e. The zero-order valence-electron chi connectivity index (χ0n) is 12.5. The van der Waals surface area contributed by atoms with Crippen LogP contribution >= 0.6 is 11.3 Å². The summed E-state index contributed by atoms with van der Waals surface area (Å²) in [4.78, 5) is 22.8. The van der Waals surface area contributed by atoms with Crippen molar-refractivity contribution >= 4 is 27.3 Å². The molecule has 1 atom stereocenters. The van der Waals surface area contributed by atoms with Crippen molar-refractivity contribution < 1.29 is 4.79 Å². The Hall–Kier alpha value is -2.48. The van der Waals surface area contributed by atoms with Gasteiger partial charge in [0.2, 0.25) is 16.0 Å². The molecule has 0 aliphatic rings. The standard InChI is InChI=1S/C14H16N6OS/c1-9(12(21)19(2)3)16-13-18-20-8-11(17-14(20)22-13)10-5-4-6-15-7-10/h4-9H,1-3H3,(H,16,18)/t9-/m0/s1. The first kappa shape index (κ1) is 14.5. The lowest BCUT2D eigenvalue weighted by molar-refractivity contribution is -0.129. The normalized spacial score (nSPS) is 12.3. The first-order valence-corrected chi connectivity index (χ1v) is 7.60. The van der Waals surface area contributed by atoms with Gasteiger partial charge in [-0.2, -0.15) is 0 Å². The maximum atomic E-state index is 11.9. The Labute approximate surface area is 131 Å². The summed E-state index contributed by atoms with van der Waals surface area (Å²) < 4.78 is 1.71. The maximum absolute atomic E-state index is 11.9. The molecule has 3 heterocycles. The number of hydrogen-bond acceptors (Lipinski definition) is 6. The number of anilines is 1. The topological polar surface area (TPSA) is 75.4 Å². The summed E-state index contributed by atoms with van der Waals surface area (Å²) in [7, 11) is 3.46. The Morgan fingerprint density at radius 3 is 2.91 bits per heavy atom. The third-order valence-electron chi connectivity index (χ3n) is 3.15. The number of fused-ring (bicyclic) bond motifs is 1. The van der Waals surface area contributed by atoms with Crippen LogP contribution in [0.2, 0.25) is 0 Å². The van der Waals surface area contributed by atoms with Gasteiger partial charge in [-0.05, 0) is 19.1 Å². The zero-order valence-corrected chi connectivity index (χ0v) is 13.3. The summed E-state index contributed by atoms with van der Waals surface area (Å²) in [6.07, 6.45) is 5.35. The Morgan fingerprint density at radius 2 is 2.27 bits per heavy atom. The van der Waals surface area contributed by atoms with Gasteiger partial charge in [0, 0.05) is 32.1 Å². The molecule has 0 spiro atoms. The number of aromatic nitrogens is 4. The van der Waals surface area contributed by atoms with Gasteiger partial charge in [-0.25, -0.2) is 9.50 Å². The first-order chi connectivity index (χ1) is 10.5. The second kappa shape index (κ2) is 5.72. The van der Waals surface area contributed by atoms with Gasteiger partial charge in [-0.1, -0.05) is 11.3 Å². The van der Waals surface area contributed by atoms with Gasteiger partial charge in [-0.15, -0.1) is 5.10 Å². The molecule has 0 saturated heterocycles. The molecule has 0 saturated carbocycles. The van der Waals surface area contributed by atoms with Gasteiger partial charge in [0.15, 0.2) is 0 Å². The Balaban J connectivity index is 1.81. The van der Waals surface area contributed by atoms with E-state index in [0.717, 1.165) is 16.2 Å². The molecule has 0 bridgehead atoms. The molecule has 1 amide bonds. The number of hydrogen-bond donors (Lipinski definition) is 1. The number of carbonyl (C=O) groups is 1. The third-order valence-corrected chi connectivity index (χ3v) is 4.01. The minimum atomic E-state index is -0.330. The Morgan fingerprint density at radius 1 is 1.45 bits per heavy atom. The molecule has 0 aliphatic heterocycles. The second-order valence-electron chi connectivity index (χ2n) is 5.10. The summed E-state index contributed by atoms with van der Waals surface area (Å²) in [6, 6.07) is 3.50. The van der Waals surface area contributed by atoms with E-state index in [1.54, 1.807) is 35.9 Å². The predicted octanol–water partition coefficient (Wildman–Crippen LogP) is 1.74. The highest BCUT2D eigenvalue weighted by Gasteiger charge is 2.17. The minimum Gasteiger partial charge on any atom is -0.349 e. The van der Waals surface area contributed by atoms with E-state index in [4.69, 9.17) is 0 Å². The third kappa shape index (κ3) is 2.77. The van der Waals surface area contributed by atoms with Crippen molar-refractivity contribution in [1.82, 2.24) is 24.5 Å². The lowest BCUT2D eigenvalue weighted by Gasteiger charge is -2.16. The van der Waals surface area contributed by atoms with Crippen molar-refractivity contribution in [2.24, 2.45) is 0 Å². The van der Waals surface area contributed by atoms with E-state index < -0.39 is 0 Å². The van der Waals surface area contributed by atoms with Gasteiger partial charge in [0.05, 0.1) is 11.9 Å². The van der Waals surface area contributed by atoms with Crippen LogP contribution in [-0.4, -0.2) is 50.5 Å². The molecule has 3 rings (SSSR count). The van der Waals surface area contributed by atoms with Crippen LogP contribution in [0, 0.1) is 0 Å². The summed E-state index contributed by atoms with van der Waals surface area (Å²) in [5.41, 5.74) is 1.78. The van der Waals surface area contributed by atoms with Gasteiger partial charge < -0.3 is 10.2 Å². The molecule has 22 heavy (non-hydrogen) atoms. The molecule has 3 aromatic rings. The highest BCUT2D eigenvalue weighted by molar-refractivity contribution is 7.20. The lowest BCUT2D eigenvalue weighted by atomic mass is 10.2. The maximum Gasteiger partial charge on any atom is 0.244 e. The average molecular weight is 316 g/mol. The van der Waals surface area contributed by atoms with Crippen LogP contribution in [-0.2, 0) is 4.79 Å². The van der Waals surface area contributed by atoms with Crippen LogP contribution < -0.4 is 5.32 Å². The van der Waals surface area contributed by atoms with Crippen molar-refractivity contribution in [1.29, 1.82) is 0 Å². The van der Waals surface area contributed by atoms with E-state index in [0.29, 0.717) is 5.13 Å². The van der Waals surface area contributed by atoms with E-state index in [2.05, 4.69) is 20.4 Å². The molecule has 3 aromatic heterocycles. The molecule has 0 aromatic carbocycles. The van der Waals surface area contributed by atoms with Gasteiger partial charge in [-0.3, -0.25) is 9.78 Å². The van der Waals surface area contributed by atoms with Crippen LogP contribution in [0.15, 0.2) is 30.7 Å². The van der Waals surface area contributed by atoms with E-state index in [1.807, 2.05) is 25.3 Å². The molecule has 8 heteroatoms. The molecule has 114 valence electrons. The fourth-order valence-corrected chi connectivity index (χ4v) is 2.91. The van der Waals surface area contributed by atoms with Crippen molar-refractivity contribution in [3.05, 3.63) is 30.7 Å². The highest BCUT2D eigenvalue weighted by atomic mass is 32.1. The van der Waals surface area contributed by atoms with Gasteiger partial charge in [0.1, 0.15) is 6.04 Å².